The van der Waals surface area contributed by atoms with Crippen LogP contribution in [0, 0.1) is 0 Å². The molecule has 1 fully saturated rings. The highest BCUT2D eigenvalue weighted by atomic mass is 32.2. The van der Waals surface area contributed by atoms with Crippen LogP contribution in [0.4, 0.5) is 5.82 Å². The number of nitrogens with zero attached hydrogens (tertiary/aromatic N) is 2. The van der Waals surface area contributed by atoms with Crippen molar-refractivity contribution in [3.05, 3.63) is 11.9 Å². The van der Waals surface area contributed by atoms with E-state index in [1.54, 1.807) is 0 Å². The second-order valence-corrected chi connectivity index (χ2v) is 5.74. The molecule has 0 bridgehead atoms. The van der Waals surface area contributed by atoms with E-state index in [-0.39, 0.29) is 0 Å². The summed E-state index contributed by atoms with van der Waals surface area (Å²) in [4.78, 5) is 9.09. The monoisotopic (exact) mass is 251 g/mol. The van der Waals surface area contributed by atoms with Gasteiger partial charge in [0.1, 0.15) is 16.7 Å². The molecule has 0 aliphatic heterocycles. The van der Waals surface area contributed by atoms with Gasteiger partial charge in [-0.3, -0.25) is 0 Å². The second kappa shape index (κ2) is 6.24. The summed E-state index contributed by atoms with van der Waals surface area (Å²) in [5.74, 6) is 1.92. The zero-order chi connectivity index (χ0) is 12.1. The lowest BCUT2D eigenvalue weighted by atomic mass is 10.4. The molecular weight excluding hydrogens is 230 g/mol. The van der Waals surface area contributed by atoms with Crippen LogP contribution in [0.15, 0.2) is 11.1 Å². The lowest BCUT2D eigenvalue weighted by molar-refractivity contribution is 0.869. The summed E-state index contributed by atoms with van der Waals surface area (Å²) in [7, 11) is 0. The zero-order valence-electron chi connectivity index (χ0n) is 10.7. The maximum atomic E-state index is 4.61. The number of rotatable bonds is 5. The van der Waals surface area contributed by atoms with Gasteiger partial charge < -0.3 is 5.32 Å². The maximum absolute atomic E-state index is 4.61. The molecule has 1 aliphatic rings. The first-order chi connectivity index (χ1) is 8.31. The van der Waals surface area contributed by atoms with Crippen LogP contribution in [0.25, 0.3) is 0 Å². The van der Waals surface area contributed by atoms with Gasteiger partial charge in [0, 0.05) is 24.3 Å². The van der Waals surface area contributed by atoms with Crippen LogP contribution < -0.4 is 5.32 Å². The molecule has 0 unspecified atom stereocenters. The highest BCUT2D eigenvalue weighted by Gasteiger charge is 2.17. The van der Waals surface area contributed by atoms with Crippen molar-refractivity contribution < 1.29 is 0 Å². The average molecular weight is 251 g/mol. The van der Waals surface area contributed by atoms with Gasteiger partial charge in [-0.05, 0) is 19.8 Å². The fourth-order valence-electron chi connectivity index (χ4n) is 2.14. The Morgan fingerprint density at radius 2 is 2.06 bits per heavy atom. The SMILES string of the molecule is CCNc1cc(SC2CCCC2)nc(CC)n1. The van der Waals surface area contributed by atoms with Gasteiger partial charge in [-0.15, -0.1) is 11.8 Å². The molecule has 4 heteroatoms. The van der Waals surface area contributed by atoms with Crippen LogP contribution >= 0.6 is 11.8 Å². The smallest absolute Gasteiger partial charge is 0.131 e. The van der Waals surface area contributed by atoms with Gasteiger partial charge >= 0.3 is 0 Å². The third-order valence-electron chi connectivity index (χ3n) is 3.01. The van der Waals surface area contributed by atoms with Gasteiger partial charge in [-0.1, -0.05) is 19.8 Å². The topological polar surface area (TPSA) is 37.8 Å². The van der Waals surface area contributed by atoms with Gasteiger partial charge in [0.05, 0.1) is 0 Å². The first-order valence-electron chi connectivity index (χ1n) is 6.60. The number of hydrogen-bond donors (Lipinski definition) is 1. The lowest BCUT2D eigenvalue weighted by Crippen LogP contribution is -2.05. The van der Waals surface area contributed by atoms with E-state index in [1.807, 2.05) is 11.8 Å². The minimum absolute atomic E-state index is 0.768. The third-order valence-corrected chi connectivity index (χ3v) is 4.27. The molecule has 1 aromatic rings. The highest BCUT2D eigenvalue weighted by molar-refractivity contribution is 7.99. The van der Waals surface area contributed by atoms with E-state index < -0.39 is 0 Å². The molecule has 17 heavy (non-hydrogen) atoms. The van der Waals surface area contributed by atoms with Crippen molar-refractivity contribution >= 4 is 17.6 Å². The summed E-state index contributed by atoms with van der Waals surface area (Å²) in [6, 6.07) is 2.09. The molecule has 0 amide bonds. The zero-order valence-corrected chi connectivity index (χ0v) is 11.5. The van der Waals surface area contributed by atoms with Crippen molar-refractivity contribution in [1.29, 1.82) is 0 Å². The van der Waals surface area contributed by atoms with Crippen LogP contribution in [0.1, 0.15) is 45.4 Å². The van der Waals surface area contributed by atoms with E-state index in [9.17, 15) is 0 Å². The molecule has 2 rings (SSSR count). The molecule has 3 nitrogen and oxygen atoms in total. The minimum atomic E-state index is 0.768. The first kappa shape index (κ1) is 12.7. The fourth-order valence-corrected chi connectivity index (χ4v) is 3.39. The van der Waals surface area contributed by atoms with Gasteiger partial charge in [-0.2, -0.15) is 0 Å². The van der Waals surface area contributed by atoms with Crippen LogP contribution in [0.3, 0.4) is 0 Å². The highest BCUT2D eigenvalue weighted by Crippen LogP contribution is 2.34. The third kappa shape index (κ3) is 3.60. The van der Waals surface area contributed by atoms with Gasteiger partial charge in [-0.25, -0.2) is 9.97 Å². The Morgan fingerprint density at radius 3 is 2.71 bits per heavy atom. The molecule has 0 radical (unpaired) electrons. The van der Waals surface area contributed by atoms with Crippen LogP contribution in [0.5, 0.6) is 0 Å². The van der Waals surface area contributed by atoms with Crippen molar-refractivity contribution in [1.82, 2.24) is 9.97 Å². The van der Waals surface area contributed by atoms with Crippen molar-refractivity contribution in [3.8, 4) is 0 Å². The largest absolute Gasteiger partial charge is 0.370 e. The molecule has 1 heterocycles. The summed E-state index contributed by atoms with van der Waals surface area (Å²) in [6.07, 6.45) is 6.34. The van der Waals surface area contributed by atoms with Crippen molar-refractivity contribution in [2.75, 3.05) is 11.9 Å². The number of aromatic nitrogens is 2. The Bertz CT molecular complexity index is 362. The first-order valence-corrected chi connectivity index (χ1v) is 7.48. The van der Waals surface area contributed by atoms with Crippen LogP contribution in [0.2, 0.25) is 0 Å². The average Bonchev–Trinajstić information content (AvgIpc) is 2.82. The molecule has 94 valence electrons. The number of aryl methyl sites for hydroxylation is 1. The number of anilines is 1. The maximum Gasteiger partial charge on any atom is 0.131 e. The van der Waals surface area contributed by atoms with E-state index in [1.165, 1.54) is 25.7 Å². The summed E-state index contributed by atoms with van der Waals surface area (Å²) >= 11 is 1.93. The molecule has 0 aromatic carbocycles. The lowest BCUT2D eigenvalue weighted by Gasteiger charge is -2.11. The Kier molecular flexibility index (Phi) is 4.66. The molecule has 0 saturated heterocycles. The van der Waals surface area contributed by atoms with E-state index >= 15 is 0 Å². The Labute approximate surface area is 108 Å². The molecule has 0 atom stereocenters. The molecule has 1 aliphatic carbocycles. The van der Waals surface area contributed by atoms with Gasteiger partial charge in [0.25, 0.3) is 0 Å². The van der Waals surface area contributed by atoms with E-state index in [4.69, 9.17) is 0 Å². The second-order valence-electron chi connectivity index (χ2n) is 4.42. The molecule has 0 spiro atoms. The summed E-state index contributed by atoms with van der Waals surface area (Å²) in [5, 5.41) is 5.19. The minimum Gasteiger partial charge on any atom is -0.370 e. The predicted octanol–water partition coefficient (Wildman–Crippen LogP) is 3.51. The van der Waals surface area contributed by atoms with Crippen LogP contribution in [-0.4, -0.2) is 21.8 Å². The normalized spacial score (nSPS) is 16.4. The van der Waals surface area contributed by atoms with E-state index in [0.29, 0.717) is 0 Å². The molecule has 1 N–H and O–H groups in total. The van der Waals surface area contributed by atoms with Crippen molar-refractivity contribution in [2.45, 2.75) is 56.2 Å². The Balaban J connectivity index is 2.10. The van der Waals surface area contributed by atoms with Gasteiger partial charge in [0.2, 0.25) is 0 Å². The summed E-state index contributed by atoms with van der Waals surface area (Å²) in [5.41, 5.74) is 0. The Hall–Kier alpha value is -0.770. The van der Waals surface area contributed by atoms with E-state index in [2.05, 4.69) is 35.2 Å². The van der Waals surface area contributed by atoms with Crippen molar-refractivity contribution in [3.63, 3.8) is 0 Å². The standard InChI is InChI=1S/C13H21N3S/c1-3-11-15-12(14-4-2)9-13(16-11)17-10-7-5-6-8-10/h9-10H,3-8H2,1-2H3,(H,14,15,16). The fraction of sp³-hybridized carbons (Fsp3) is 0.692. The van der Waals surface area contributed by atoms with Crippen molar-refractivity contribution in [2.24, 2.45) is 0 Å². The number of thioether (sulfide) groups is 1. The van der Waals surface area contributed by atoms with Gasteiger partial charge in [0.15, 0.2) is 0 Å². The number of hydrogen-bond acceptors (Lipinski definition) is 4. The quantitative estimate of drug-likeness (QED) is 0.813. The molecular formula is C13H21N3S. The van der Waals surface area contributed by atoms with E-state index in [0.717, 1.165) is 34.9 Å². The van der Waals surface area contributed by atoms with Crippen LogP contribution in [-0.2, 0) is 6.42 Å². The summed E-state index contributed by atoms with van der Waals surface area (Å²) in [6.45, 7) is 5.11. The Morgan fingerprint density at radius 1 is 1.29 bits per heavy atom. The molecule has 1 aromatic heterocycles. The number of nitrogens with one attached hydrogen (secondary N) is 1. The predicted molar refractivity (Wildman–Crippen MR) is 73.7 cm³/mol. The summed E-state index contributed by atoms with van der Waals surface area (Å²) < 4.78 is 0. The molecule has 1 saturated carbocycles.